The Hall–Kier alpha value is -3.55. The molecule has 0 spiro atoms. The van der Waals surface area contributed by atoms with Gasteiger partial charge in [-0.3, -0.25) is 4.98 Å². The Morgan fingerprint density at radius 3 is 2.51 bits per heavy atom. The topological polar surface area (TPSA) is 51.5 Å². The molecule has 1 saturated heterocycles. The zero-order valence-corrected chi connectivity index (χ0v) is 22.8. The summed E-state index contributed by atoms with van der Waals surface area (Å²) >= 11 is 12.3. The largest absolute Gasteiger partial charge is 0.495 e. The fourth-order valence-corrected chi connectivity index (χ4v) is 5.63. The third kappa shape index (κ3) is 4.65. The van der Waals surface area contributed by atoms with E-state index in [1.54, 1.807) is 7.11 Å². The maximum Gasteiger partial charge on any atom is 0.174 e. The predicted molar refractivity (Wildman–Crippen MR) is 152 cm³/mol. The van der Waals surface area contributed by atoms with Crippen LogP contribution in [0.1, 0.15) is 41.7 Å². The van der Waals surface area contributed by atoms with Crippen molar-refractivity contribution in [3.8, 4) is 17.2 Å². The molecule has 0 saturated carbocycles. The van der Waals surface area contributed by atoms with Crippen molar-refractivity contribution in [1.82, 2.24) is 14.9 Å². The molecule has 0 amide bonds. The van der Waals surface area contributed by atoms with Crippen molar-refractivity contribution < 1.29 is 9.47 Å². The molecule has 1 aliphatic rings. The molecular weight excluding hydrogens is 504 g/mol. The molecule has 5 rings (SSSR count). The van der Waals surface area contributed by atoms with Crippen molar-refractivity contribution in [2.45, 2.75) is 32.9 Å². The highest BCUT2D eigenvalue weighted by Gasteiger charge is 2.42. The van der Waals surface area contributed by atoms with Crippen LogP contribution in [-0.2, 0) is 0 Å². The Labute approximate surface area is 227 Å². The van der Waals surface area contributed by atoms with Crippen LogP contribution in [0.4, 0.5) is 5.69 Å². The summed E-state index contributed by atoms with van der Waals surface area (Å²) in [6.07, 6.45) is 1.82. The summed E-state index contributed by atoms with van der Waals surface area (Å²) in [4.78, 5) is 6.85. The third-order valence-corrected chi connectivity index (χ3v) is 7.24. The lowest BCUT2D eigenvalue weighted by Crippen LogP contribution is -2.29. The molecule has 37 heavy (non-hydrogen) atoms. The Morgan fingerprint density at radius 2 is 1.84 bits per heavy atom. The van der Waals surface area contributed by atoms with Gasteiger partial charge in [-0.1, -0.05) is 17.7 Å². The first-order chi connectivity index (χ1) is 17.9. The Bertz CT molecular complexity index is 1420. The molecule has 0 unspecified atom stereocenters. The summed E-state index contributed by atoms with van der Waals surface area (Å²) in [5.41, 5.74) is 6.08. The van der Waals surface area contributed by atoms with Crippen molar-refractivity contribution in [3.05, 3.63) is 101 Å². The molecule has 2 aromatic heterocycles. The number of benzene rings is 2. The van der Waals surface area contributed by atoms with Gasteiger partial charge in [-0.15, -0.1) is 0 Å². The van der Waals surface area contributed by atoms with E-state index >= 15 is 0 Å². The van der Waals surface area contributed by atoms with E-state index < -0.39 is 0 Å². The Kier molecular flexibility index (Phi) is 7.09. The van der Waals surface area contributed by atoms with Crippen molar-refractivity contribution in [2.24, 2.45) is 0 Å². The van der Waals surface area contributed by atoms with Crippen LogP contribution < -0.4 is 19.7 Å². The van der Waals surface area contributed by atoms with Crippen molar-refractivity contribution in [2.75, 3.05) is 18.6 Å². The van der Waals surface area contributed by atoms with Gasteiger partial charge in [0.15, 0.2) is 5.11 Å². The highest BCUT2D eigenvalue weighted by molar-refractivity contribution is 7.80. The zero-order valence-electron chi connectivity index (χ0n) is 21.2. The molecule has 1 N–H and O–H groups in total. The number of methoxy groups -OCH3 is 1. The van der Waals surface area contributed by atoms with E-state index in [0.717, 1.165) is 45.5 Å². The number of hydrogen-bond acceptors (Lipinski definition) is 4. The van der Waals surface area contributed by atoms with Gasteiger partial charge < -0.3 is 24.3 Å². The van der Waals surface area contributed by atoms with Gasteiger partial charge in [-0.05, 0) is 99.2 Å². The summed E-state index contributed by atoms with van der Waals surface area (Å²) in [6, 6.07) is 21.6. The first-order valence-electron chi connectivity index (χ1n) is 12.2. The van der Waals surface area contributed by atoms with Crippen LogP contribution in [0.3, 0.4) is 0 Å². The molecular formula is C29H29ClN4O2S. The van der Waals surface area contributed by atoms with Gasteiger partial charge in [0.2, 0.25) is 0 Å². The lowest BCUT2D eigenvalue weighted by atomic mass is 9.96. The summed E-state index contributed by atoms with van der Waals surface area (Å²) < 4.78 is 13.5. The molecule has 0 aliphatic carbocycles. The first kappa shape index (κ1) is 25.1. The van der Waals surface area contributed by atoms with E-state index in [2.05, 4.69) is 39.7 Å². The van der Waals surface area contributed by atoms with Gasteiger partial charge in [0.25, 0.3) is 0 Å². The number of anilines is 1. The van der Waals surface area contributed by atoms with Crippen LogP contribution in [0.15, 0.2) is 72.9 Å². The number of halogens is 1. The maximum absolute atomic E-state index is 6.40. The molecule has 1 aliphatic heterocycles. The van der Waals surface area contributed by atoms with Crippen molar-refractivity contribution in [1.29, 1.82) is 0 Å². The van der Waals surface area contributed by atoms with Crippen LogP contribution >= 0.6 is 23.8 Å². The minimum atomic E-state index is -0.143. The van der Waals surface area contributed by atoms with Crippen LogP contribution in [0.2, 0.25) is 5.02 Å². The summed E-state index contributed by atoms with van der Waals surface area (Å²) in [6.45, 7) is 6.81. The van der Waals surface area contributed by atoms with Gasteiger partial charge >= 0.3 is 0 Å². The van der Waals surface area contributed by atoms with Crippen LogP contribution in [0.25, 0.3) is 5.69 Å². The van der Waals surface area contributed by atoms with Gasteiger partial charge in [0.1, 0.15) is 11.5 Å². The number of aryl methyl sites for hydroxylation is 1. The third-order valence-electron chi connectivity index (χ3n) is 6.69. The molecule has 0 radical (unpaired) electrons. The second kappa shape index (κ2) is 10.4. The second-order valence-corrected chi connectivity index (χ2v) is 9.72. The zero-order chi connectivity index (χ0) is 26.1. The standard InChI is InChI=1S/C29H29ClN4O2S/c1-5-36-22-12-10-21(11-13-22)34-28(27(32-29(34)37)24-8-6-7-15-31-24)23-16-18(2)33(19(23)3)25-17-20(30)9-14-26(25)35-4/h6-17,27-28H,5H2,1-4H3,(H,32,37)/t27-,28+/m1/s1. The van der Waals surface area contributed by atoms with Gasteiger partial charge in [0, 0.05) is 28.3 Å². The summed E-state index contributed by atoms with van der Waals surface area (Å²) in [7, 11) is 1.67. The second-order valence-electron chi connectivity index (χ2n) is 8.90. The number of nitrogens with zero attached hydrogens (tertiary/aromatic N) is 3. The fraction of sp³-hybridized carbons (Fsp3) is 0.241. The van der Waals surface area contributed by atoms with E-state index in [9.17, 15) is 0 Å². The summed E-state index contributed by atoms with van der Waals surface area (Å²) in [5.74, 6) is 1.58. The number of aromatic nitrogens is 2. The van der Waals surface area contributed by atoms with Crippen LogP contribution in [-0.4, -0.2) is 28.4 Å². The van der Waals surface area contributed by atoms with Gasteiger partial charge in [-0.2, -0.15) is 0 Å². The van der Waals surface area contributed by atoms with E-state index in [-0.39, 0.29) is 12.1 Å². The summed E-state index contributed by atoms with van der Waals surface area (Å²) in [5, 5.41) is 4.84. The molecule has 3 heterocycles. The monoisotopic (exact) mass is 532 g/mol. The van der Waals surface area contributed by atoms with E-state index in [4.69, 9.17) is 33.3 Å². The van der Waals surface area contributed by atoms with E-state index in [1.165, 1.54) is 0 Å². The number of rotatable bonds is 7. The van der Waals surface area contributed by atoms with Crippen molar-refractivity contribution >= 4 is 34.6 Å². The number of pyridine rings is 1. The number of hydrogen-bond donors (Lipinski definition) is 1. The van der Waals surface area contributed by atoms with Gasteiger partial charge in [0.05, 0.1) is 37.2 Å². The predicted octanol–water partition coefficient (Wildman–Crippen LogP) is 6.73. The Morgan fingerprint density at radius 1 is 1.05 bits per heavy atom. The molecule has 0 bridgehead atoms. The van der Waals surface area contributed by atoms with Crippen LogP contribution in [0.5, 0.6) is 11.5 Å². The average Bonchev–Trinajstić information content (AvgIpc) is 3.40. The molecule has 8 heteroatoms. The molecule has 2 aromatic carbocycles. The average molecular weight is 533 g/mol. The van der Waals surface area contributed by atoms with Gasteiger partial charge in [-0.25, -0.2) is 0 Å². The Balaban J connectivity index is 1.67. The van der Waals surface area contributed by atoms with Crippen molar-refractivity contribution in [3.63, 3.8) is 0 Å². The molecule has 190 valence electrons. The molecule has 4 aromatic rings. The smallest absolute Gasteiger partial charge is 0.174 e. The van der Waals surface area contributed by atoms with Crippen LogP contribution in [0, 0.1) is 13.8 Å². The maximum atomic E-state index is 6.40. The molecule has 1 fully saturated rings. The fourth-order valence-electron chi connectivity index (χ4n) is 5.11. The highest BCUT2D eigenvalue weighted by atomic mass is 35.5. The number of ether oxygens (including phenoxy) is 2. The lowest BCUT2D eigenvalue weighted by molar-refractivity contribution is 0.340. The minimum Gasteiger partial charge on any atom is -0.495 e. The first-order valence-corrected chi connectivity index (χ1v) is 13.0. The number of nitrogens with one attached hydrogen (secondary N) is 1. The lowest BCUT2D eigenvalue weighted by Gasteiger charge is -2.28. The van der Waals surface area contributed by atoms with E-state index in [0.29, 0.717) is 16.7 Å². The molecule has 6 nitrogen and oxygen atoms in total. The van der Waals surface area contributed by atoms with E-state index in [1.807, 2.05) is 73.8 Å². The number of thiocarbonyl (C=S) groups is 1. The molecule has 2 atom stereocenters. The highest BCUT2D eigenvalue weighted by Crippen LogP contribution is 2.44. The quantitative estimate of drug-likeness (QED) is 0.266. The minimum absolute atomic E-state index is 0.134. The SMILES string of the molecule is CCOc1ccc(N2C(=S)N[C@H](c3ccccn3)[C@@H]2c2cc(C)n(-c3cc(Cl)ccc3OC)c2C)cc1. The normalized spacial score (nSPS) is 17.1.